The molecule has 0 bridgehead atoms. The number of nitrogens with zero attached hydrogens (tertiary/aromatic N) is 3. The number of halogens is 1. The first-order chi connectivity index (χ1) is 7.19. The number of thioether (sulfide) groups is 1. The summed E-state index contributed by atoms with van der Waals surface area (Å²) >= 11 is 6.78. The van der Waals surface area contributed by atoms with E-state index >= 15 is 0 Å². The van der Waals surface area contributed by atoms with Crippen LogP contribution in [-0.2, 0) is 0 Å². The van der Waals surface area contributed by atoms with Crippen LogP contribution in [0.3, 0.4) is 0 Å². The first kappa shape index (κ1) is 12.3. The molecule has 15 heavy (non-hydrogen) atoms. The topological polar surface area (TPSA) is 91.7 Å². The Bertz CT molecular complexity index is 344. The van der Waals surface area contributed by atoms with Gasteiger partial charge in [-0.2, -0.15) is 0 Å². The summed E-state index contributed by atoms with van der Waals surface area (Å²) in [5.74, 6) is 0.452. The summed E-state index contributed by atoms with van der Waals surface area (Å²) in [5.41, 5.74) is 0.174. The Morgan fingerprint density at radius 1 is 1.67 bits per heavy atom. The predicted molar refractivity (Wildman–Crippen MR) is 55.5 cm³/mol. The van der Waals surface area contributed by atoms with E-state index in [4.69, 9.17) is 16.8 Å². The van der Waals surface area contributed by atoms with Gasteiger partial charge in [0.25, 0.3) is 0 Å². The van der Waals surface area contributed by atoms with Gasteiger partial charge in [0.15, 0.2) is 15.9 Å². The lowest BCUT2D eigenvalue weighted by atomic mass is 10.3. The number of aliphatic hydroxyl groups excluding tert-OH is 1. The summed E-state index contributed by atoms with van der Waals surface area (Å²) in [5, 5.41) is 27.8. The molecule has 0 aliphatic carbocycles. The van der Waals surface area contributed by atoms with E-state index in [1.807, 2.05) is 6.92 Å². The van der Waals surface area contributed by atoms with Crippen LogP contribution in [-0.4, -0.2) is 37.7 Å². The molecular weight excluding hydrogens is 242 g/mol. The van der Waals surface area contributed by atoms with Crippen molar-refractivity contribution in [2.75, 3.05) is 5.75 Å². The highest BCUT2D eigenvalue weighted by molar-refractivity contribution is 7.99. The second-order valence-corrected chi connectivity index (χ2v) is 4.05. The molecule has 1 rings (SSSR count). The SMILES string of the molecule is CCC(O)CSc1nonc1/C(Cl)=N/O. The van der Waals surface area contributed by atoms with E-state index in [9.17, 15) is 5.11 Å². The molecule has 0 saturated heterocycles. The van der Waals surface area contributed by atoms with Gasteiger partial charge in [-0.3, -0.25) is 0 Å². The van der Waals surface area contributed by atoms with E-state index in [-0.39, 0.29) is 10.9 Å². The molecule has 84 valence electrons. The van der Waals surface area contributed by atoms with Crippen LogP contribution in [0.4, 0.5) is 0 Å². The van der Waals surface area contributed by atoms with Gasteiger partial charge in [-0.1, -0.05) is 35.4 Å². The van der Waals surface area contributed by atoms with E-state index < -0.39 is 6.10 Å². The van der Waals surface area contributed by atoms with Gasteiger partial charge in [-0.05, 0) is 16.7 Å². The van der Waals surface area contributed by atoms with Crippen LogP contribution in [0.1, 0.15) is 19.0 Å². The van der Waals surface area contributed by atoms with Crippen LogP contribution in [0, 0.1) is 0 Å². The molecule has 0 spiro atoms. The first-order valence-electron chi connectivity index (χ1n) is 4.20. The number of hydrogen-bond acceptors (Lipinski definition) is 7. The second kappa shape index (κ2) is 5.94. The smallest absolute Gasteiger partial charge is 0.200 e. The molecule has 8 heteroatoms. The lowest BCUT2D eigenvalue weighted by Gasteiger charge is -2.04. The molecule has 0 fully saturated rings. The van der Waals surface area contributed by atoms with Gasteiger partial charge in [-0.25, -0.2) is 4.63 Å². The Labute approximate surface area is 95.3 Å². The molecule has 1 unspecified atom stereocenters. The molecule has 0 aromatic carbocycles. The zero-order valence-electron chi connectivity index (χ0n) is 7.92. The summed E-state index contributed by atoms with van der Waals surface area (Å²) in [6.07, 6.45) is 0.222. The fraction of sp³-hybridized carbons (Fsp3) is 0.571. The minimum Gasteiger partial charge on any atom is -0.410 e. The van der Waals surface area contributed by atoms with Crippen LogP contribution in [0.2, 0.25) is 0 Å². The van der Waals surface area contributed by atoms with Gasteiger partial charge >= 0.3 is 0 Å². The molecule has 0 amide bonds. The van der Waals surface area contributed by atoms with E-state index in [0.29, 0.717) is 17.2 Å². The molecule has 0 aliphatic heterocycles. The van der Waals surface area contributed by atoms with Crippen molar-refractivity contribution >= 4 is 28.5 Å². The summed E-state index contributed by atoms with van der Waals surface area (Å²) in [6.45, 7) is 1.87. The lowest BCUT2D eigenvalue weighted by Crippen LogP contribution is -2.07. The Morgan fingerprint density at radius 2 is 2.40 bits per heavy atom. The fourth-order valence-corrected chi connectivity index (χ4v) is 1.86. The van der Waals surface area contributed by atoms with Crippen LogP contribution >= 0.6 is 23.4 Å². The van der Waals surface area contributed by atoms with Crippen molar-refractivity contribution < 1.29 is 14.9 Å². The van der Waals surface area contributed by atoms with E-state index in [0.717, 1.165) is 0 Å². The van der Waals surface area contributed by atoms with Crippen LogP contribution in [0.25, 0.3) is 0 Å². The molecule has 1 aromatic heterocycles. The van der Waals surface area contributed by atoms with E-state index in [2.05, 4.69) is 20.1 Å². The number of hydrogen-bond donors (Lipinski definition) is 2. The van der Waals surface area contributed by atoms with Crippen molar-refractivity contribution in [2.45, 2.75) is 24.5 Å². The maximum atomic E-state index is 9.33. The monoisotopic (exact) mass is 251 g/mol. The largest absolute Gasteiger partial charge is 0.410 e. The fourth-order valence-electron chi connectivity index (χ4n) is 0.742. The Hall–Kier alpha value is -0.790. The van der Waals surface area contributed by atoms with Crippen molar-refractivity contribution in [1.82, 2.24) is 10.3 Å². The quantitative estimate of drug-likeness (QED) is 0.355. The van der Waals surface area contributed by atoms with Gasteiger partial charge in [0.2, 0.25) is 0 Å². The molecular formula is C7H10ClN3O3S. The Kier molecular flexibility index (Phi) is 4.86. The third-order valence-electron chi connectivity index (χ3n) is 1.63. The summed E-state index contributed by atoms with van der Waals surface area (Å²) in [6, 6.07) is 0. The van der Waals surface area contributed by atoms with Crippen molar-refractivity contribution in [1.29, 1.82) is 0 Å². The molecule has 1 heterocycles. The molecule has 0 aliphatic rings. The summed E-state index contributed by atoms with van der Waals surface area (Å²) in [4.78, 5) is 0. The van der Waals surface area contributed by atoms with Crippen LogP contribution in [0.15, 0.2) is 14.8 Å². The van der Waals surface area contributed by atoms with Gasteiger partial charge in [0, 0.05) is 5.75 Å². The second-order valence-electron chi connectivity index (χ2n) is 2.68. The molecule has 2 N–H and O–H groups in total. The van der Waals surface area contributed by atoms with Gasteiger partial charge in [0.1, 0.15) is 0 Å². The summed E-state index contributed by atoms with van der Waals surface area (Å²) in [7, 11) is 0. The van der Waals surface area contributed by atoms with Crippen molar-refractivity contribution in [3.8, 4) is 0 Å². The summed E-state index contributed by atoms with van der Waals surface area (Å²) < 4.78 is 4.46. The Balaban J connectivity index is 2.65. The highest BCUT2D eigenvalue weighted by Crippen LogP contribution is 2.21. The number of rotatable bonds is 5. The average Bonchev–Trinajstić information content (AvgIpc) is 2.72. The normalized spacial score (nSPS) is 14.2. The maximum absolute atomic E-state index is 9.33. The van der Waals surface area contributed by atoms with Crippen molar-refractivity contribution in [2.24, 2.45) is 5.16 Å². The highest BCUT2D eigenvalue weighted by Gasteiger charge is 2.16. The molecule has 1 atom stereocenters. The predicted octanol–water partition coefficient (Wildman–Crippen LogP) is 1.31. The van der Waals surface area contributed by atoms with Crippen LogP contribution in [0.5, 0.6) is 0 Å². The zero-order valence-corrected chi connectivity index (χ0v) is 9.49. The van der Waals surface area contributed by atoms with E-state index in [1.54, 1.807) is 0 Å². The average molecular weight is 252 g/mol. The molecule has 1 aromatic rings. The zero-order chi connectivity index (χ0) is 11.3. The van der Waals surface area contributed by atoms with Crippen molar-refractivity contribution in [3.63, 3.8) is 0 Å². The lowest BCUT2D eigenvalue weighted by molar-refractivity contribution is 0.195. The van der Waals surface area contributed by atoms with Gasteiger partial charge in [0.05, 0.1) is 6.10 Å². The van der Waals surface area contributed by atoms with Crippen molar-refractivity contribution in [3.05, 3.63) is 5.69 Å². The number of aromatic nitrogens is 2. The first-order valence-corrected chi connectivity index (χ1v) is 5.56. The number of aliphatic hydroxyl groups is 1. The standard InChI is InChI=1S/C7H10ClN3O3S/c1-2-4(12)3-15-7-5(6(8)9-13)10-14-11-7/h4,12-13H,2-3H2,1H3/b9-6-. The third-order valence-corrected chi connectivity index (χ3v) is 2.97. The Morgan fingerprint density at radius 3 is 3.00 bits per heavy atom. The van der Waals surface area contributed by atoms with E-state index in [1.165, 1.54) is 11.8 Å². The third kappa shape index (κ3) is 3.37. The molecule has 0 saturated carbocycles. The molecule has 0 radical (unpaired) electrons. The van der Waals surface area contributed by atoms with Gasteiger partial charge < -0.3 is 10.3 Å². The number of oxime groups is 1. The minimum atomic E-state index is -0.426. The van der Waals surface area contributed by atoms with Gasteiger partial charge in [-0.15, -0.1) is 0 Å². The molecule has 6 nitrogen and oxygen atoms in total. The highest BCUT2D eigenvalue weighted by atomic mass is 35.5. The minimum absolute atomic E-state index is 0.174. The maximum Gasteiger partial charge on any atom is 0.200 e. The van der Waals surface area contributed by atoms with Crippen LogP contribution < -0.4 is 0 Å².